The molecule has 0 bridgehead atoms. The van der Waals surface area contributed by atoms with Gasteiger partial charge in [0.05, 0.1) is 0 Å². The summed E-state index contributed by atoms with van der Waals surface area (Å²) < 4.78 is 0. The van der Waals surface area contributed by atoms with Crippen molar-refractivity contribution in [3.8, 4) is 11.1 Å². The van der Waals surface area contributed by atoms with Gasteiger partial charge in [0.1, 0.15) is 0 Å². The number of hydrogen-bond acceptors (Lipinski definition) is 2. The third-order valence-electron chi connectivity index (χ3n) is 3.83. The maximum Gasteiger partial charge on any atom is 0.163 e. The molecule has 0 heterocycles. The van der Waals surface area contributed by atoms with E-state index in [2.05, 4.69) is 36.9 Å². The van der Waals surface area contributed by atoms with Crippen molar-refractivity contribution in [2.75, 3.05) is 18.0 Å². The molecule has 0 aliphatic rings. The molecule has 0 N–H and O–H groups in total. The average molecular weight is 318 g/mol. The van der Waals surface area contributed by atoms with Crippen molar-refractivity contribution >= 4 is 23.9 Å². The largest absolute Gasteiger partial charge is 0.372 e. The highest BCUT2D eigenvalue weighted by molar-refractivity contribution is 6.05. The Balaban J connectivity index is 0.00000242. The van der Waals surface area contributed by atoms with Crippen LogP contribution in [0.5, 0.6) is 0 Å². The molecule has 0 fully saturated rings. The number of carbonyl (C=O) groups is 1. The van der Waals surface area contributed by atoms with Crippen LogP contribution in [0.25, 0.3) is 11.1 Å². The fraction of sp³-hybridized carbons (Fsp3) is 0.316. The van der Waals surface area contributed by atoms with E-state index in [1.54, 1.807) is 0 Å². The highest BCUT2D eigenvalue weighted by Crippen LogP contribution is 2.34. The Kier molecular flexibility index (Phi) is 7.13. The van der Waals surface area contributed by atoms with Crippen LogP contribution in [0, 0.1) is 0 Å². The highest BCUT2D eigenvalue weighted by Gasteiger charge is 2.17. The Morgan fingerprint density at radius 1 is 0.909 bits per heavy atom. The van der Waals surface area contributed by atoms with Crippen LogP contribution in [0.2, 0.25) is 0 Å². The number of anilines is 1. The van der Waals surface area contributed by atoms with Gasteiger partial charge in [-0.05, 0) is 25.5 Å². The molecule has 0 aliphatic heterocycles. The molecule has 2 nitrogen and oxygen atoms in total. The molecule has 3 heteroatoms. The smallest absolute Gasteiger partial charge is 0.163 e. The molecule has 0 atom stereocenters. The van der Waals surface area contributed by atoms with Gasteiger partial charge in [0, 0.05) is 36.3 Å². The predicted molar refractivity (Wildman–Crippen MR) is 97.3 cm³/mol. The maximum absolute atomic E-state index is 12.3. The summed E-state index contributed by atoms with van der Waals surface area (Å²) in [5.74, 6) is 0.197. The Hall–Kier alpha value is -1.80. The quantitative estimate of drug-likeness (QED) is 0.681. The van der Waals surface area contributed by atoms with Gasteiger partial charge >= 0.3 is 0 Å². The van der Waals surface area contributed by atoms with Crippen LogP contribution in [0.3, 0.4) is 0 Å². The monoisotopic (exact) mass is 317 g/mol. The van der Waals surface area contributed by atoms with Gasteiger partial charge < -0.3 is 4.90 Å². The summed E-state index contributed by atoms with van der Waals surface area (Å²) in [6, 6.07) is 16.3. The molecule has 2 aromatic carbocycles. The third-order valence-corrected chi connectivity index (χ3v) is 3.83. The summed E-state index contributed by atoms with van der Waals surface area (Å²) >= 11 is 0. The molecular formula is C19H24ClNO. The van der Waals surface area contributed by atoms with Gasteiger partial charge in [-0.2, -0.15) is 0 Å². The second-order valence-corrected chi connectivity index (χ2v) is 5.01. The Morgan fingerprint density at radius 2 is 1.55 bits per heavy atom. The molecule has 0 aromatic heterocycles. The van der Waals surface area contributed by atoms with Crippen LogP contribution in [0.15, 0.2) is 48.5 Å². The molecule has 0 radical (unpaired) electrons. The molecule has 0 aliphatic carbocycles. The standard InChI is InChI=1S/C19H23NO.ClH/c1-4-18(21)16-13-10-14-17(20(5-2)6-3)19(16)15-11-8-7-9-12-15;/h7-14H,4-6H2,1-3H3;1H. The van der Waals surface area contributed by atoms with Crippen LogP contribution in [0.1, 0.15) is 37.6 Å². The number of benzene rings is 2. The summed E-state index contributed by atoms with van der Waals surface area (Å²) in [5.41, 5.74) is 4.14. The van der Waals surface area contributed by atoms with E-state index in [0.717, 1.165) is 35.5 Å². The second kappa shape index (κ2) is 8.60. The molecule has 118 valence electrons. The SMILES string of the molecule is CCC(=O)c1cccc(N(CC)CC)c1-c1ccccc1.Cl. The summed E-state index contributed by atoms with van der Waals surface area (Å²) in [5, 5.41) is 0. The van der Waals surface area contributed by atoms with Gasteiger partial charge in [0.15, 0.2) is 5.78 Å². The van der Waals surface area contributed by atoms with Crippen LogP contribution >= 0.6 is 12.4 Å². The highest BCUT2D eigenvalue weighted by atomic mass is 35.5. The topological polar surface area (TPSA) is 20.3 Å². The minimum Gasteiger partial charge on any atom is -0.372 e. The first-order valence-corrected chi connectivity index (χ1v) is 7.69. The van der Waals surface area contributed by atoms with E-state index in [1.807, 2.05) is 37.3 Å². The number of rotatable bonds is 6. The number of halogens is 1. The van der Waals surface area contributed by atoms with Gasteiger partial charge in [-0.25, -0.2) is 0 Å². The van der Waals surface area contributed by atoms with Crippen molar-refractivity contribution in [3.63, 3.8) is 0 Å². The van der Waals surface area contributed by atoms with Gasteiger partial charge in [-0.15, -0.1) is 12.4 Å². The van der Waals surface area contributed by atoms with E-state index in [4.69, 9.17) is 0 Å². The third kappa shape index (κ3) is 3.69. The van der Waals surface area contributed by atoms with Gasteiger partial charge in [-0.3, -0.25) is 4.79 Å². The van der Waals surface area contributed by atoms with Crippen LogP contribution in [-0.4, -0.2) is 18.9 Å². The van der Waals surface area contributed by atoms with E-state index in [9.17, 15) is 4.79 Å². The Morgan fingerprint density at radius 3 is 2.09 bits per heavy atom. The maximum atomic E-state index is 12.3. The lowest BCUT2D eigenvalue weighted by molar-refractivity contribution is 0.0989. The predicted octanol–water partition coefficient (Wildman–Crippen LogP) is 5.21. The lowest BCUT2D eigenvalue weighted by Crippen LogP contribution is -2.23. The zero-order valence-electron chi connectivity index (χ0n) is 13.5. The van der Waals surface area contributed by atoms with E-state index in [0.29, 0.717) is 6.42 Å². The molecule has 0 saturated heterocycles. The van der Waals surface area contributed by atoms with Crippen molar-refractivity contribution in [2.45, 2.75) is 27.2 Å². The zero-order chi connectivity index (χ0) is 15.2. The first-order valence-electron chi connectivity index (χ1n) is 7.69. The van der Waals surface area contributed by atoms with Crippen molar-refractivity contribution in [1.82, 2.24) is 0 Å². The van der Waals surface area contributed by atoms with Gasteiger partial charge in [0.2, 0.25) is 0 Å². The summed E-state index contributed by atoms with van der Waals surface area (Å²) in [4.78, 5) is 14.6. The minimum absolute atomic E-state index is 0. The average Bonchev–Trinajstić information content (AvgIpc) is 2.56. The summed E-state index contributed by atoms with van der Waals surface area (Å²) in [6.45, 7) is 8.07. The van der Waals surface area contributed by atoms with Gasteiger partial charge in [0.25, 0.3) is 0 Å². The molecule has 22 heavy (non-hydrogen) atoms. The van der Waals surface area contributed by atoms with E-state index >= 15 is 0 Å². The van der Waals surface area contributed by atoms with E-state index < -0.39 is 0 Å². The number of carbonyl (C=O) groups excluding carboxylic acids is 1. The lowest BCUT2D eigenvalue weighted by atomic mass is 9.93. The number of ketones is 1. The Labute approximate surface area is 139 Å². The first-order chi connectivity index (χ1) is 10.2. The molecule has 0 spiro atoms. The Bertz CT molecular complexity index is 606. The van der Waals surface area contributed by atoms with Crippen molar-refractivity contribution < 1.29 is 4.79 Å². The van der Waals surface area contributed by atoms with Gasteiger partial charge in [-0.1, -0.05) is 49.4 Å². The molecule has 2 rings (SSSR count). The molecular weight excluding hydrogens is 294 g/mol. The molecule has 0 saturated carbocycles. The van der Waals surface area contributed by atoms with Crippen LogP contribution < -0.4 is 4.90 Å². The second-order valence-electron chi connectivity index (χ2n) is 5.01. The normalized spacial score (nSPS) is 9.95. The van der Waals surface area contributed by atoms with E-state index in [-0.39, 0.29) is 18.2 Å². The zero-order valence-corrected chi connectivity index (χ0v) is 14.3. The van der Waals surface area contributed by atoms with Crippen molar-refractivity contribution in [2.24, 2.45) is 0 Å². The minimum atomic E-state index is 0. The fourth-order valence-corrected chi connectivity index (χ4v) is 2.70. The number of nitrogens with zero attached hydrogens (tertiary/aromatic N) is 1. The number of hydrogen-bond donors (Lipinski definition) is 0. The van der Waals surface area contributed by atoms with E-state index in [1.165, 1.54) is 0 Å². The molecule has 0 unspecified atom stereocenters. The van der Waals surface area contributed by atoms with Crippen LogP contribution in [0.4, 0.5) is 5.69 Å². The molecule has 0 amide bonds. The van der Waals surface area contributed by atoms with Crippen LogP contribution in [-0.2, 0) is 0 Å². The molecule has 2 aromatic rings. The van der Waals surface area contributed by atoms with Crippen molar-refractivity contribution in [3.05, 3.63) is 54.1 Å². The first kappa shape index (κ1) is 18.2. The van der Waals surface area contributed by atoms with Crippen molar-refractivity contribution in [1.29, 1.82) is 0 Å². The fourth-order valence-electron chi connectivity index (χ4n) is 2.70. The lowest BCUT2D eigenvalue weighted by Gasteiger charge is -2.25. The number of Topliss-reactive ketones (excluding diaryl/α,β-unsaturated/α-hetero) is 1. The summed E-state index contributed by atoms with van der Waals surface area (Å²) in [7, 11) is 0. The summed E-state index contributed by atoms with van der Waals surface area (Å²) in [6.07, 6.45) is 0.529.